The predicted octanol–water partition coefficient (Wildman–Crippen LogP) is 3.53. The van der Waals surface area contributed by atoms with Gasteiger partial charge in [0.2, 0.25) is 5.76 Å². The van der Waals surface area contributed by atoms with Gasteiger partial charge in [0, 0.05) is 12.1 Å². The molecule has 0 spiro atoms. The minimum Gasteiger partial charge on any atom is -0.456 e. The molecule has 0 fully saturated rings. The highest BCUT2D eigenvalue weighted by Crippen LogP contribution is 2.34. The second-order valence-electron chi connectivity index (χ2n) is 4.72. The molecule has 0 radical (unpaired) electrons. The average Bonchev–Trinajstić information content (AvgIpc) is 2.93. The maximum Gasteiger partial charge on any atom is 0.449 e. The van der Waals surface area contributed by atoms with Crippen LogP contribution in [0.1, 0.15) is 28.5 Å². The standard InChI is InChI=1S/C13H14F3N3O3/c1-6-4-9(11(21-6)13(14,15)16)5-17-12(20)18-10-7(2)19-22-8(10)3/h4H,5H2,1-3H3,(H2,17,18,20). The molecule has 0 saturated carbocycles. The Balaban J connectivity index is 2.03. The van der Waals surface area contributed by atoms with Crippen LogP contribution in [0.5, 0.6) is 0 Å². The van der Waals surface area contributed by atoms with E-state index in [2.05, 4.69) is 20.2 Å². The zero-order valence-electron chi connectivity index (χ0n) is 12.1. The van der Waals surface area contributed by atoms with Crippen LogP contribution in [0, 0.1) is 20.8 Å². The first-order chi connectivity index (χ1) is 10.2. The number of hydrogen-bond acceptors (Lipinski definition) is 4. The summed E-state index contributed by atoms with van der Waals surface area (Å²) in [6.45, 7) is 4.33. The van der Waals surface area contributed by atoms with E-state index in [9.17, 15) is 18.0 Å². The van der Waals surface area contributed by atoms with Crippen LogP contribution < -0.4 is 10.6 Å². The summed E-state index contributed by atoms with van der Waals surface area (Å²) in [5.41, 5.74) is 0.721. The molecule has 0 aromatic carbocycles. The molecule has 22 heavy (non-hydrogen) atoms. The number of urea groups is 1. The number of halogens is 3. The first-order valence-electron chi connectivity index (χ1n) is 6.32. The summed E-state index contributed by atoms with van der Waals surface area (Å²) in [5, 5.41) is 8.47. The largest absolute Gasteiger partial charge is 0.456 e. The van der Waals surface area contributed by atoms with E-state index in [-0.39, 0.29) is 17.9 Å². The Morgan fingerprint density at radius 3 is 2.55 bits per heavy atom. The Morgan fingerprint density at radius 1 is 1.32 bits per heavy atom. The van der Waals surface area contributed by atoms with Gasteiger partial charge in [-0.05, 0) is 26.8 Å². The molecular formula is C13H14F3N3O3. The van der Waals surface area contributed by atoms with Crippen LogP contribution in [0.25, 0.3) is 0 Å². The first kappa shape index (κ1) is 15.9. The van der Waals surface area contributed by atoms with Crippen molar-refractivity contribution in [3.05, 3.63) is 34.6 Å². The van der Waals surface area contributed by atoms with Crippen molar-refractivity contribution in [3.8, 4) is 0 Å². The summed E-state index contributed by atoms with van der Waals surface area (Å²) in [7, 11) is 0. The Bertz CT molecular complexity index is 669. The number of furan rings is 1. The lowest BCUT2D eigenvalue weighted by Crippen LogP contribution is -2.29. The summed E-state index contributed by atoms with van der Waals surface area (Å²) in [6.07, 6.45) is -4.61. The van der Waals surface area contributed by atoms with E-state index >= 15 is 0 Å². The highest BCUT2D eigenvalue weighted by Gasteiger charge is 2.37. The maximum atomic E-state index is 12.8. The number of hydrogen-bond donors (Lipinski definition) is 2. The fourth-order valence-electron chi connectivity index (χ4n) is 1.93. The molecule has 9 heteroatoms. The van der Waals surface area contributed by atoms with Crippen LogP contribution in [0.4, 0.5) is 23.7 Å². The average molecular weight is 317 g/mol. The monoisotopic (exact) mass is 317 g/mol. The SMILES string of the molecule is Cc1cc(CNC(=O)Nc2c(C)noc2C)c(C(F)(F)F)o1. The predicted molar refractivity (Wildman–Crippen MR) is 70.3 cm³/mol. The van der Waals surface area contributed by atoms with Gasteiger partial charge in [-0.25, -0.2) is 4.79 Å². The second-order valence-corrected chi connectivity index (χ2v) is 4.72. The number of alkyl halides is 3. The number of rotatable bonds is 3. The van der Waals surface area contributed by atoms with Gasteiger partial charge in [-0.1, -0.05) is 5.16 Å². The minimum absolute atomic E-state index is 0.121. The van der Waals surface area contributed by atoms with Gasteiger partial charge < -0.3 is 19.6 Å². The third-order valence-corrected chi connectivity index (χ3v) is 2.90. The molecule has 2 aromatic rings. The molecule has 2 aromatic heterocycles. The van der Waals surface area contributed by atoms with E-state index in [4.69, 9.17) is 4.52 Å². The molecule has 2 amide bonds. The fourth-order valence-corrected chi connectivity index (χ4v) is 1.93. The van der Waals surface area contributed by atoms with Crippen LogP contribution in [0.15, 0.2) is 15.0 Å². The van der Waals surface area contributed by atoms with Crippen molar-refractivity contribution in [2.45, 2.75) is 33.5 Å². The molecule has 2 N–H and O–H groups in total. The van der Waals surface area contributed by atoms with Gasteiger partial charge in [-0.15, -0.1) is 0 Å². The molecule has 0 saturated heterocycles. The Kier molecular flexibility index (Phi) is 4.16. The van der Waals surface area contributed by atoms with E-state index in [1.54, 1.807) is 13.8 Å². The zero-order chi connectivity index (χ0) is 16.5. The van der Waals surface area contributed by atoms with Crippen LogP contribution in [0.3, 0.4) is 0 Å². The Labute approximate surface area is 123 Å². The zero-order valence-corrected chi connectivity index (χ0v) is 12.1. The van der Waals surface area contributed by atoms with E-state index in [0.29, 0.717) is 17.1 Å². The molecule has 0 aliphatic heterocycles. The summed E-state index contributed by atoms with van der Waals surface area (Å²) in [4.78, 5) is 11.8. The van der Waals surface area contributed by atoms with Crippen molar-refractivity contribution in [1.29, 1.82) is 0 Å². The van der Waals surface area contributed by atoms with Crippen molar-refractivity contribution < 1.29 is 26.9 Å². The number of aryl methyl sites for hydroxylation is 3. The number of aromatic nitrogens is 1. The number of anilines is 1. The molecule has 0 aliphatic carbocycles. The molecule has 120 valence electrons. The number of amides is 2. The summed E-state index contributed by atoms with van der Waals surface area (Å²) < 4.78 is 47.8. The fraction of sp³-hybridized carbons (Fsp3) is 0.385. The van der Waals surface area contributed by atoms with E-state index in [1.165, 1.54) is 13.0 Å². The van der Waals surface area contributed by atoms with Gasteiger partial charge in [0.15, 0.2) is 5.76 Å². The third-order valence-electron chi connectivity index (χ3n) is 2.90. The highest BCUT2D eigenvalue weighted by molar-refractivity contribution is 5.90. The van der Waals surface area contributed by atoms with Gasteiger partial charge >= 0.3 is 12.2 Å². The van der Waals surface area contributed by atoms with Crippen LogP contribution in [0.2, 0.25) is 0 Å². The van der Waals surface area contributed by atoms with E-state index < -0.39 is 18.0 Å². The lowest BCUT2D eigenvalue weighted by molar-refractivity contribution is -0.154. The summed E-state index contributed by atoms with van der Waals surface area (Å²) >= 11 is 0. The van der Waals surface area contributed by atoms with Crippen LogP contribution in [-0.4, -0.2) is 11.2 Å². The molecule has 2 heterocycles. The molecule has 0 bridgehead atoms. The van der Waals surface area contributed by atoms with Gasteiger partial charge in [-0.2, -0.15) is 13.2 Å². The molecule has 0 atom stereocenters. The maximum absolute atomic E-state index is 12.8. The first-order valence-corrected chi connectivity index (χ1v) is 6.32. The van der Waals surface area contributed by atoms with Crippen molar-refractivity contribution >= 4 is 11.7 Å². The summed E-state index contributed by atoms with van der Waals surface area (Å²) in [6, 6.07) is 0.570. The lowest BCUT2D eigenvalue weighted by Gasteiger charge is -2.08. The molecule has 0 aliphatic rings. The Morgan fingerprint density at radius 2 is 2.00 bits per heavy atom. The normalized spacial score (nSPS) is 11.5. The molecule has 2 rings (SSSR count). The topological polar surface area (TPSA) is 80.3 Å². The van der Waals surface area contributed by atoms with Gasteiger partial charge in [0.1, 0.15) is 17.1 Å². The second kappa shape index (κ2) is 5.74. The van der Waals surface area contributed by atoms with E-state index in [1.807, 2.05) is 0 Å². The van der Waals surface area contributed by atoms with Gasteiger partial charge in [-0.3, -0.25) is 0 Å². The molecule has 6 nitrogen and oxygen atoms in total. The van der Waals surface area contributed by atoms with Crippen LogP contribution in [-0.2, 0) is 12.7 Å². The quantitative estimate of drug-likeness (QED) is 0.907. The smallest absolute Gasteiger partial charge is 0.449 e. The van der Waals surface area contributed by atoms with Gasteiger partial charge in [0.25, 0.3) is 0 Å². The number of nitrogens with zero attached hydrogens (tertiary/aromatic N) is 1. The summed E-state index contributed by atoms with van der Waals surface area (Å²) in [5.74, 6) is -0.583. The highest BCUT2D eigenvalue weighted by atomic mass is 19.4. The van der Waals surface area contributed by atoms with Crippen molar-refractivity contribution in [2.75, 3.05) is 5.32 Å². The third kappa shape index (κ3) is 3.41. The van der Waals surface area contributed by atoms with Crippen molar-refractivity contribution in [1.82, 2.24) is 10.5 Å². The molecular weight excluding hydrogens is 303 g/mol. The minimum atomic E-state index is -4.61. The Hall–Kier alpha value is -2.45. The number of nitrogens with one attached hydrogen (secondary N) is 2. The molecule has 0 unspecified atom stereocenters. The number of carbonyl (C=O) groups excluding carboxylic acids is 1. The lowest BCUT2D eigenvalue weighted by atomic mass is 10.2. The van der Waals surface area contributed by atoms with Gasteiger partial charge in [0.05, 0.1) is 0 Å². The van der Waals surface area contributed by atoms with Crippen LogP contribution >= 0.6 is 0 Å². The number of carbonyl (C=O) groups is 1. The van der Waals surface area contributed by atoms with Crippen molar-refractivity contribution in [3.63, 3.8) is 0 Å². The van der Waals surface area contributed by atoms with Crippen molar-refractivity contribution in [2.24, 2.45) is 0 Å². The van der Waals surface area contributed by atoms with E-state index in [0.717, 1.165) is 0 Å².